The van der Waals surface area contributed by atoms with Gasteiger partial charge in [0.15, 0.2) is 0 Å². The quantitative estimate of drug-likeness (QED) is 0.800. The van der Waals surface area contributed by atoms with E-state index in [0.29, 0.717) is 0 Å². The third-order valence-electron chi connectivity index (χ3n) is 2.96. The number of ether oxygens (including phenoxy) is 1. The van der Waals surface area contributed by atoms with Gasteiger partial charge >= 0.3 is 0 Å². The maximum Gasteiger partial charge on any atom is 0.150 e. The molecule has 1 unspecified atom stereocenters. The molecule has 2 heterocycles. The van der Waals surface area contributed by atoms with E-state index in [0.717, 1.165) is 28.4 Å². The normalized spacial score (nSPS) is 21.4. The Morgan fingerprint density at radius 2 is 2.31 bits per heavy atom. The first-order chi connectivity index (χ1) is 7.84. The van der Waals surface area contributed by atoms with Gasteiger partial charge in [-0.2, -0.15) is 5.10 Å². The molecule has 4 heteroatoms. The summed E-state index contributed by atoms with van der Waals surface area (Å²) in [6.07, 6.45) is 5.64. The van der Waals surface area contributed by atoms with Crippen LogP contribution in [0.1, 0.15) is 25.5 Å². The lowest BCUT2D eigenvalue weighted by Gasteiger charge is -2.22. The molecule has 1 fully saturated rings. The van der Waals surface area contributed by atoms with Crippen LogP contribution in [0.25, 0.3) is 10.9 Å². The highest BCUT2D eigenvalue weighted by Gasteiger charge is 2.17. The fourth-order valence-corrected chi connectivity index (χ4v) is 2.57. The first-order valence-corrected chi connectivity index (χ1v) is 6.39. The number of hydrogen-bond donors (Lipinski definition) is 0. The Bertz CT molecular complexity index is 503. The molecule has 0 bridgehead atoms. The summed E-state index contributed by atoms with van der Waals surface area (Å²) >= 11 is 3.52. The van der Waals surface area contributed by atoms with Crippen molar-refractivity contribution in [3.63, 3.8) is 0 Å². The molecule has 2 aromatic rings. The Labute approximate surface area is 103 Å². The van der Waals surface area contributed by atoms with E-state index >= 15 is 0 Å². The Kier molecular flexibility index (Phi) is 2.69. The van der Waals surface area contributed by atoms with Crippen molar-refractivity contribution in [1.82, 2.24) is 9.78 Å². The van der Waals surface area contributed by atoms with Gasteiger partial charge in [0, 0.05) is 22.7 Å². The summed E-state index contributed by atoms with van der Waals surface area (Å²) in [4.78, 5) is 0. The van der Waals surface area contributed by atoms with Gasteiger partial charge in [0.25, 0.3) is 0 Å². The molecule has 3 nitrogen and oxygen atoms in total. The fourth-order valence-electron chi connectivity index (χ4n) is 2.11. The van der Waals surface area contributed by atoms with Crippen molar-refractivity contribution >= 4 is 26.8 Å². The Balaban J connectivity index is 2.01. The molecule has 0 saturated carbocycles. The summed E-state index contributed by atoms with van der Waals surface area (Å²) in [6, 6.07) is 6.12. The minimum atomic E-state index is 0.119. The highest BCUT2D eigenvalue weighted by atomic mass is 79.9. The third kappa shape index (κ3) is 1.76. The number of aromatic nitrogens is 2. The largest absolute Gasteiger partial charge is 0.357 e. The van der Waals surface area contributed by atoms with Crippen LogP contribution < -0.4 is 0 Å². The first-order valence-electron chi connectivity index (χ1n) is 5.59. The van der Waals surface area contributed by atoms with Crippen LogP contribution >= 0.6 is 15.9 Å². The lowest BCUT2D eigenvalue weighted by molar-refractivity contribution is -0.0390. The Hall–Kier alpha value is -0.870. The van der Waals surface area contributed by atoms with E-state index < -0.39 is 0 Å². The minimum absolute atomic E-state index is 0.119. The molecule has 1 saturated heterocycles. The maximum absolute atomic E-state index is 5.72. The second-order valence-electron chi connectivity index (χ2n) is 4.11. The van der Waals surface area contributed by atoms with Gasteiger partial charge in [0.2, 0.25) is 0 Å². The molecule has 0 radical (unpaired) electrons. The smallest absolute Gasteiger partial charge is 0.150 e. The number of hydrogen-bond acceptors (Lipinski definition) is 2. The summed E-state index contributed by atoms with van der Waals surface area (Å²) in [5, 5.41) is 5.74. The molecule has 1 aliphatic heterocycles. The molecule has 3 rings (SSSR count). The second-order valence-corrected chi connectivity index (χ2v) is 4.96. The number of nitrogens with zero attached hydrogens (tertiary/aromatic N) is 2. The van der Waals surface area contributed by atoms with Gasteiger partial charge in [0.1, 0.15) is 11.7 Å². The van der Waals surface area contributed by atoms with Gasteiger partial charge in [-0.05, 0) is 41.3 Å². The number of rotatable bonds is 1. The lowest BCUT2D eigenvalue weighted by Crippen LogP contribution is -2.18. The van der Waals surface area contributed by atoms with Gasteiger partial charge < -0.3 is 4.74 Å². The third-order valence-corrected chi connectivity index (χ3v) is 3.60. The molecule has 1 aliphatic rings. The van der Waals surface area contributed by atoms with Crippen molar-refractivity contribution in [1.29, 1.82) is 0 Å². The minimum Gasteiger partial charge on any atom is -0.357 e. The topological polar surface area (TPSA) is 27.1 Å². The van der Waals surface area contributed by atoms with Crippen molar-refractivity contribution in [2.24, 2.45) is 0 Å². The number of halogens is 1. The van der Waals surface area contributed by atoms with E-state index in [1.54, 1.807) is 0 Å². The van der Waals surface area contributed by atoms with Gasteiger partial charge in [-0.3, -0.25) is 0 Å². The molecule has 1 aromatic carbocycles. The highest BCUT2D eigenvalue weighted by Crippen LogP contribution is 2.27. The van der Waals surface area contributed by atoms with E-state index in [1.807, 2.05) is 16.8 Å². The highest BCUT2D eigenvalue weighted by molar-refractivity contribution is 9.10. The van der Waals surface area contributed by atoms with Gasteiger partial charge in [0.05, 0.1) is 0 Å². The van der Waals surface area contributed by atoms with Crippen molar-refractivity contribution in [3.8, 4) is 0 Å². The summed E-state index contributed by atoms with van der Waals surface area (Å²) in [7, 11) is 0. The fraction of sp³-hybridized carbons (Fsp3) is 0.417. The molecule has 1 aromatic heterocycles. The molecule has 0 amide bonds. The van der Waals surface area contributed by atoms with E-state index in [-0.39, 0.29) is 6.23 Å². The molecular formula is C12H13BrN2O. The van der Waals surface area contributed by atoms with Crippen molar-refractivity contribution in [2.45, 2.75) is 25.5 Å². The summed E-state index contributed by atoms with van der Waals surface area (Å²) in [6.45, 7) is 0.849. The molecule has 0 spiro atoms. The molecule has 0 N–H and O–H groups in total. The van der Waals surface area contributed by atoms with Gasteiger partial charge in [-0.1, -0.05) is 12.1 Å². The van der Waals surface area contributed by atoms with E-state index in [4.69, 9.17) is 4.74 Å². The number of fused-ring (bicyclic) bond motifs is 1. The van der Waals surface area contributed by atoms with Crippen LogP contribution in [0.5, 0.6) is 0 Å². The van der Waals surface area contributed by atoms with Crippen LogP contribution in [-0.4, -0.2) is 16.4 Å². The van der Waals surface area contributed by atoms with Crippen molar-refractivity contribution in [3.05, 3.63) is 28.9 Å². The van der Waals surface area contributed by atoms with Crippen LogP contribution in [0.2, 0.25) is 0 Å². The molecule has 84 valence electrons. The zero-order valence-corrected chi connectivity index (χ0v) is 10.5. The van der Waals surface area contributed by atoms with E-state index in [9.17, 15) is 0 Å². The molecule has 1 atom stereocenters. The summed E-state index contributed by atoms with van der Waals surface area (Å²) < 4.78 is 8.71. The molecular weight excluding hydrogens is 268 g/mol. The summed E-state index contributed by atoms with van der Waals surface area (Å²) in [5.74, 6) is 0. The Morgan fingerprint density at radius 1 is 1.38 bits per heavy atom. The van der Waals surface area contributed by atoms with Crippen molar-refractivity contribution in [2.75, 3.05) is 6.61 Å². The average Bonchev–Trinajstić information content (AvgIpc) is 2.76. The van der Waals surface area contributed by atoms with Crippen LogP contribution in [0.3, 0.4) is 0 Å². The van der Waals surface area contributed by atoms with Gasteiger partial charge in [-0.15, -0.1) is 0 Å². The van der Waals surface area contributed by atoms with Crippen LogP contribution in [0.4, 0.5) is 0 Å². The second kappa shape index (κ2) is 4.18. The van der Waals surface area contributed by atoms with E-state index in [1.165, 1.54) is 12.8 Å². The standard InChI is InChI=1S/C12H13BrN2O/c13-10-5-3-4-9-8-15(14-12(9)10)11-6-1-2-7-16-11/h3-5,8,11H,1-2,6-7H2. The SMILES string of the molecule is Brc1cccc2cn(C3CCCCO3)nc12. The number of benzene rings is 1. The van der Waals surface area contributed by atoms with Crippen molar-refractivity contribution < 1.29 is 4.74 Å². The van der Waals surface area contributed by atoms with Crippen LogP contribution in [-0.2, 0) is 4.74 Å². The van der Waals surface area contributed by atoms with Gasteiger partial charge in [-0.25, -0.2) is 4.68 Å². The predicted octanol–water partition coefficient (Wildman–Crippen LogP) is 3.50. The van der Waals surface area contributed by atoms with Crippen LogP contribution in [0, 0.1) is 0 Å². The predicted molar refractivity (Wildman–Crippen MR) is 66.3 cm³/mol. The monoisotopic (exact) mass is 280 g/mol. The Morgan fingerprint density at radius 3 is 3.06 bits per heavy atom. The maximum atomic E-state index is 5.72. The zero-order chi connectivity index (χ0) is 11.0. The lowest BCUT2D eigenvalue weighted by atomic mass is 10.2. The van der Waals surface area contributed by atoms with E-state index in [2.05, 4.69) is 33.3 Å². The molecule has 16 heavy (non-hydrogen) atoms. The van der Waals surface area contributed by atoms with Crippen LogP contribution in [0.15, 0.2) is 28.9 Å². The summed E-state index contributed by atoms with van der Waals surface area (Å²) in [5.41, 5.74) is 1.01. The molecule has 0 aliphatic carbocycles. The average molecular weight is 281 g/mol. The first kappa shape index (κ1) is 10.3. The zero-order valence-electron chi connectivity index (χ0n) is 8.90.